The van der Waals surface area contributed by atoms with Crippen LogP contribution in [0, 0.1) is 12.7 Å². The second kappa shape index (κ2) is 5.51. The maximum absolute atomic E-state index is 13.1. The number of halogens is 1. The molecule has 3 N–H and O–H groups in total. The average Bonchev–Trinajstić information content (AvgIpc) is 2.19. The van der Waals surface area contributed by atoms with E-state index in [0.29, 0.717) is 5.69 Å². The molecule has 0 saturated heterocycles. The monoisotopic (exact) mass is 208 g/mol. The molecule has 0 aromatic heterocycles. The molecule has 82 valence electrons. The number of benzene rings is 1. The van der Waals surface area contributed by atoms with Crippen LogP contribution in [0.3, 0.4) is 0 Å². The average molecular weight is 208 g/mol. The third-order valence-corrected chi connectivity index (χ3v) is 2.31. The normalized spacial score (nSPS) is 11.1. The minimum absolute atomic E-state index is 0.286. The lowest BCUT2D eigenvalue weighted by atomic mass is 10.1. The summed E-state index contributed by atoms with van der Waals surface area (Å²) in [6.45, 7) is 2.81. The van der Waals surface area contributed by atoms with Gasteiger partial charge in [0, 0.05) is 5.69 Å². The first-order valence-electron chi connectivity index (χ1n) is 5.02. The van der Waals surface area contributed by atoms with E-state index in [4.69, 9.17) is 5.73 Å². The lowest BCUT2D eigenvalue weighted by molar-refractivity contribution is 0.628. The molecule has 1 aromatic rings. The van der Waals surface area contributed by atoms with E-state index >= 15 is 0 Å². The van der Waals surface area contributed by atoms with Crippen LogP contribution in [0.15, 0.2) is 18.2 Å². The topological polar surface area (TPSA) is 38.0 Å². The first kappa shape index (κ1) is 11.7. The highest BCUT2D eigenvalue weighted by Crippen LogP contribution is 2.19. The molecule has 15 heavy (non-hydrogen) atoms. The molecule has 0 unspecified atom stereocenters. The second-order valence-electron chi connectivity index (χ2n) is 3.50. The highest BCUT2D eigenvalue weighted by molar-refractivity contribution is 5.62. The molecule has 0 aliphatic carbocycles. The number of rotatable bonds is 4. The molecule has 0 amide bonds. The van der Waals surface area contributed by atoms with Crippen molar-refractivity contribution < 1.29 is 4.39 Å². The van der Waals surface area contributed by atoms with E-state index in [-0.39, 0.29) is 5.82 Å². The zero-order valence-electron chi connectivity index (χ0n) is 9.18. The van der Waals surface area contributed by atoms with Crippen molar-refractivity contribution in [1.82, 2.24) is 5.32 Å². The van der Waals surface area contributed by atoms with E-state index in [2.05, 4.69) is 5.32 Å². The summed E-state index contributed by atoms with van der Waals surface area (Å²) in [5.41, 5.74) is 7.95. The van der Waals surface area contributed by atoms with Crippen molar-refractivity contribution in [1.29, 1.82) is 0 Å². The van der Waals surface area contributed by atoms with Gasteiger partial charge in [-0.15, -0.1) is 0 Å². The zero-order valence-corrected chi connectivity index (χ0v) is 9.18. The molecule has 0 heterocycles. The molecule has 0 saturated carbocycles. The molecule has 1 aromatic carbocycles. The molecule has 0 aliphatic heterocycles. The van der Waals surface area contributed by atoms with Gasteiger partial charge in [-0.05, 0) is 50.2 Å². The smallest absolute Gasteiger partial charge is 0.125 e. The van der Waals surface area contributed by atoms with Gasteiger partial charge < -0.3 is 11.1 Å². The van der Waals surface area contributed by atoms with Gasteiger partial charge >= 0.3 is 0 Å². The Morgan fingerprint density at radius 2 is 2.20 bits per heavy atom. The molecular formula is C12H17FN2. The van der Waals surface area contributed by atoms with Crippen molar-refractivity contribution in [3.63, 3.8) is 0 Å². The Kier molecular flexibility index (Phi) is 4.31. The van der Waals surface area contributed by atoms with Gasteiger partial charge in [0.2, 0.25) is 0 Å². The van der Waals surface area contributed by atoms with Crippen molar-refractivity contribution in [2.75, 3.05) is 19.3 Å². The second-order valence-corrected chi connectivity index (χ2v) is 3.50. The van der Waals surface area contributed by atoms with Crippen LogP contribution in [0.1, 0.15) is 17.5 Å². The van der Waals surface area contributed by atoms with Gasteiger partial charge in [0.05, 0.1) is 0 Å². The minimum Gasteiger partial charge on any atom is -0.398 e. The van der Waals surface area contributed by atoms with Gasteiger partial charge in [0.25, 0.3) is 0 Å². The minimum atomic E-state index is -0.286. The van der Waals surface area contributed by atoms with Crippen LogP contribution in [0.4, 0.5) is 10.1 Å². The summed E-state index contributed by atoms with van der Waals surface area (Å²) < 4.78 is 13.1. The van der Waals surface area contributed by atoms with E-state index in [1.807, 2.05) is 26.1 Å². The number of nitrogens with two attached hydrogens (primary N) is 1. The lowest BCUT2D eigenvalue weighted by Crippen LogP contribution is -2.05. The third kappa shape index (κ3) is 3.36. The van der Waals surface area contributed by atoms with Crippen LogP contribution in [0.5, 0.6) is 0 Å². The van der Waals surface area contributed by atoms with Gasteiger partial charge in [-0.1, -0.05) is 12.2 Å². The molecule has 0 atom stereocenters. The van der Waals surface area contributed by atoms with Crippen molar-refractivity contribution >= 4 is 11.8 Å². The first-order valence-corrected chi connectivity index (χ1v) is 5.02. The van der Waals surface area contributed by atoms with Gasteiger partial charge in [0.1, 0.15) is 5.82 Å². The molecule has 0 fully saturated rings. The van der Waals surface area contributed by atoms with Crippen molar-refractivity contribution in [2.45, 2.75) is 13.3 Å². The van der Waals surface area contributed by atoms with Crippen LogP contribution >= 0.6 is 0 Å². The fourth-order valence-electron chi connectivity index (χ4n) is 1.33. The Labute approximate surface area is 90.0 Å². The van der Waals surface area contributed by atoms with Gasteiger partial charge in [-0.2, -0.15) is 0 Å². The molecule has 2 nitrogen and oxygen atoms in total. The zero-order chi connectivity index (χ0) is 11.3. The van der Waals surface area contributed by atoms with E-state index < -0.39 is 0 Å². The van der Waals surface area contributed by atoms with Crippen LogP contribution in [-0.4, -0.2) is 13.6 Å². The van der Waals surface area contributed by atoms with Crippen LogP contribution in [0.2, 0.25) is 0 Å². The summed E-state index contributed by atoms with van der Waals surface area (Å²) >= 11 is 0. The fourth-order valence-corrected chi connectivity index (χ4v) is 1.33. The first-order chi connectivity index (χ1) is 7.15. The summed E-state index contributed by atoms with van der Waals surface area (Å²) in [6, 6.07) is 2.85. The predicted octanol–water partition coefficient (Wildman–Crippen LogP) is 2.34. The Balaban J connectivity index is 2.80. The quantitative estimate of drug-likeness (QED) is 0.588. The standard InChI is InChI=1S/C12H17FN2/c1-9-10(5-3-4-6-15-2)7-11(13)8-12(9)14/h3,5,7-8,15H,4,6,14H2,1-2H3. The van der Waals surface area contributed by atoms with Crippen molar-refractivity contribution in [3.05, 3.63) is 35.2 Å². The third-order valence-electron chi connectivity index (χ3n) is 2.31. The summed E-state index contributed by atoms with van der Waals surface area (Å²) in [5.74, 6) is -0.286. The van der Waals surface area contributed by atoms with E-state index in [0.717, 1.165) is 24.1 Å². The van der Waals surface area contributed by atoms with Gasteiger partial charge in [-0.25, -0.2) is 4.39 Å². The molecule has 0 bridgehead atoms. The Morgan fingerprint density at radius 1 is 1.47 bits per heavy atom. The molecule has 3 heteroatoms. The number of hydrogen-bond donors (Lipinski definition) is 2. The molecule has 0 aliphatic rings. The number of nitrogens with one attached hydrogen (secondary N) is 1. The highest BCUT2D eigenvalue weighted by Gasteiger charge is 2.01. The SMILES string of the molecule is CNCCC=Cc1cc(F)cc(N)c1C. The molecule has 0 spiro atoms. The van der Waals surface area contributed by atoms with Crippen LogP contribution in [-0.2, 0) is 0 Å². The number of nitrogen functional groups attached to an aromatic ring is 1. The lowest BCUT2D eigenvalue weighted by Gasteiger charge is -2.04. The Bertz CT molecular complexity index is 359. The maximum atomic E-state index is 13.1. The molecule has 1 rings (SSSR count). The Morgan fingerprint density at radius 3 is 2.87 bits per heavy atom. The summed E-state index contributed by atoms with van der Waals surface area (Å²) in [5, 5.41) is 3.04. The molecular weight excluding hydrogens is 191 g/mol. The van der Waals surface area contributed by atoms with Crippen LogP contribution in [0.25, 0.3) is 6.08 Å². The van der Waals surface area contributed by atoms with Crippen molar-refractivity contribution in [3.8, 4) is 0 Å². The van der Waals surface area contributed by atoms with Gasteiger partial charge in [-0.3, -0.25) is 0 Å². The van der Waals surface area contributed by atoms with E-state index in [1.54, 1.807) is 0 Å². The van der Waals surface area contributed by atoms with Gasteiger partial charge in [0.15, 0.2) is 0 Å². The fraction of sp³-hybridized carbons (Fsp3) is 0.333. The molecule has 0 radical (unpaired) electrons. The largest absolute Gasteiger partial charge is 0.398 e. The number of anilines is 1. The summed E-state index contributed by atoms with van der Waals surface area (Å²) in [4.78, 5) is 0. The number of hydrogen-bond acceptors (Lipinski definition) is 2. The van der Waals surface area contributed by atoms with Crippen LogP contribution < -0.4 is 11.1 Å². The highest BCUT2D eigenvalue weighted by atomic mass is 19.1. The van der Waals surface area contributed by atoms with E-state index in [9.17, 15) is 4.39 Å². The Hall–Kier alpha value is -1.35. The van der Waals surface area contributed by atoms with E-state index in [1.165, 1.54) is 12.1 Å². The summed E-state index contributed by atoms with van der Waals surface area (Å²) in [6.07, 6.45) is 4.84. The van der Waals surface area contributed by atoms with Crippen molar-refractivity contribution in [2.24, 2.45) is 0 Å². The predicted molar refractivity (Wildman–Crippen MR) is 63.1 cm³/mol. The summed E-state index contributed by atoms with van der Waals surface area (Å²) in [7, 11) is 1.90. The maximum Gasteiger partial charge on any atom is 0.125 e.